The number of carbonyl (C=O) groups excluding carboxylic acids is 2. The highest BCUT2D eigenvalue weighted by Crippen LogP contribution is 2.66. The standard InChI is InChI=1S/C21H29O6P/c1-20-8-7-13(22)9-12(20)3-4-14-15-5-6-16(18(24)11-27-28(25)26)21(15,2)10-17(23)19(14)20/h7-9,14-17,19,23,25-26H,3-6,10-11H2,1-2H3. The average molecular weight is 408 g/mol. The van der Waals surface area contributed by atoms with Gasteiger partial charge in [-0.25, -0.2) is 0 Å². The van der Waals surface area contributed by atoms with Crippen LogP contribution in [0.25, 0.3) is 0 Å². The molecule has 3 fully saturated rings. The first-order valence-corrected chi connectivity index (χ1v) is 11.3. The summed E-state index contributed by atoms with van der Waals surface area (Å²) in [6.07, 6.45) is 8.85. The molecule has 154 valence electrons. The minimum atomic E-state index is -2.54. The largest absolute Gasteiger partial charge is 0.393 e. The summed E-state index contributed by atoms with van der Waals surface area (Å²) in [4.78, 5) is 42.5. The zero-order valence-electron chi connectivity index (χ0n) is 16.4. The predicted molar refractivity (Wildman–Crippen MR) is 104 cm³/mol. The van der Waals surface area contributed by atoms with Gasteiger partial charge in [0.2, 0.25) is 0 Å². The molecular formula is C21H29O6P. The van der Waals surface area contributed by atoms with Crippen LogP contribution < -0.4 is 0 Å². The smallest absolute Gasteiger partial charge is 0.327 e. The quantitative estimate of drug-likeness (QED) is 0.618. The van der Waals surface area contributed by atoms with Crippen LogP contribution in [-0.4, -0.2) is 39.2 Å². The minimum Gasteiger partial charge on any atom is -0.393 e. The van der Waals surface area contributed by atoms with Crippen molar-refractivity contribution in [2.75, 3.05) is 6.61 Å². The molecular weight excluding hydrogens is 379 g/mol. The molecule has 7 atom stereocenters. The SMILES string of the molecule is CC12C=CC(=O)C=C1CCC1C2C(O)CC2(C)C(C(=O)COP(O)O)CCC12. The van der Waals surface area contributed by atoms with Gasteiger partial charge in [-0.15, -0.1) is 0 Å². The maximum atomic E-state index is 12.7. The predicted octanol–water partition coefficient (Wildman–Crippen LogP) is 2.68. The third kappa shape index (κ3) is 3.05. The van der Waals surface area contributed by atoms with Crippen LogP contribution >= 0.6 is 8.60 Å². The Hall–Kier alpha value is -0.910. The Morgan fingerprint density at radius 1 is 1.29 bits per heavy atom. The van der Waals surface area contributed by atoms with Crippen molar-refractivity contribution in [3.63, 3.8) is 0 Å². The van der Waals surface area contributed by atoms with Gasteiger partial charge in [-0.1, -0.05) is 25.5 Å². The third-order valence-electron chi connectivity index (χ3n) is 8.20. The van der Waals surface area contributed by atoms with Crippen LogP contribution in [0.5, 0.6) is 0 Å². The number of aliphatic hydroxyl groups is 1. The molecule has 0 heterocycles. The summed E-state index contributed by atoms with van der Waals surface area (Å²) >= 11 is 0. The van der Waals surface area contributed by atoms with Gasteiger partial charge in [0.05, 0.1) is 6.10 Å². The molecule has 0 aromatic carbocycles. The first-order chi connectivity index (χ1) is 13.2. The fourth-order valence-corrected chi connectivity index (χ4v) is 7.32. The molecule has 7 unspecified atom stereocenters. The van der Waals surface area contributed by atoms with Crippen molar-refractivity contribution in [1.29, 1.82) is 0 Å². The van der Waals surface area contributed by atoms with Crippen molar-refractivity contribution in [3.8, 4) is 0 Å². The van der Waals surface area contributed by atoms with Gasteiger partial charge in [0.15, 0.2) is 11.6 Å². The summed E-state index contributed by atoms with van der Waals surface area (Å²) in [5.74, 6) is 0.403. The number of allylic oxidation sites excluding steroid dienone is 4. The Labute approximate surface area is 166 Å². The van der Waals surface area contributed by atoms with E-state index in [1.165, 1.54) is 0 Å². The second kappa shape index (κ2) is 7.10. The molecule has 3 saturated carbocycles. The highest BCUT2D eigenvalue weighted by Gasteiger charge is 2.62. The van der Waals surface area contributed by atoms with Crippen LogP contribution in [0, 0.1) is 34.5 Å². The van der Waals surface area contributed by atoms with E-state index < -0.39 is 14.7 Å². The van der Waals surface area contributed by atoms with Gasteiger partial charge >= 0.3 is 8.60 Å². The van der Waals surface area contributed by atoms with Crippen molar-refractivity contribution in [2.45, 2.75) is 52.1 Å². The van der Waals surface area contributed by atoms with E-state index in [1.54, 1.807) is 12.2 Å². The molecule has 0 aromatic rings. The first-order valence-electron chi connectivity index (χ1n) is 10.1. The van der Waals surface area contributed by atoms with Crippen LogP contribution in [0.3, 0.4) is 0 Å². The van der Waals surface area contributed by atoms with E-state index in [9.17, 15) is 14.7 Å². The second-order valence-electron chi connectivity index (χ2n) is 9.42. The monoisotopic (exact) mass is 408 g/mol. The summed E-state index contributed by atoms with van der Waals surface area (Å²) < 4.78 is 4.79. The maximum Gasteiger partial charge on any atom is 0.327 e. The second-order valence-corrected chi connectivity index (χ2v) is 10.2. The fourth-order valence-electron chi connectivity index (χ4n) is 7.08. The molecule has 6 nitrogen and oxygen atoms in total. The van der Waals surface area contributed by atoms with E-state index >= 15 is 0 Å². The number of Topliss-reactive ketones (excluding diaryl/α,β-unsaturated/α-hetero) is 1. The van der Waals surface area contributed by atoms with E-state index in [-0.39, 0.29) is 40.8 Å². The molecule has 0 saturated heterocycles. The lowest BCUT2D eigenvalue weighted by atomic mass is 9.46. The van der Waals surface area contributed by atoms with E-state index in [1.807, 2.05) is 6.08 Å². The topological polar surface area (TPSA) is 104 Å². The lowest BCUT2D eigenvalue weighted by Crippen LogP contribution is -2.56. The van der Waals surface area contributed by atoms with Crippen molar-refractivity contribution in [2.24, 2.45) is 34.5 Å². The highest BCUT2D eigenvalue weighted by atomic mass is 31.2. The molecule has 0 aliphatic heterocycles. The van der Waals surface area contributed by atoms with Gasteiger partial charge in [-0.2, -0.15) is 0 Å². The van der Waals surface area contributed by atoms with Crippen molar-refractivity contribution >= 4 is 20.2 Å². The zero-order valence-corrected chi connectivity index (χ0v) is 17.3. The number of carbonyl (C=O) groups is 2. The number of rotatable bonds is 4. The average Bonchev–Trinajstić information content (AvgIpc) is 2.96. The van der Waals surface area contributed by atoms with E-state index in [0.717, 1.165) is 31.3 Å². The number of hydrogen-bond donors (Lipinski definition) is 3. The van der Waals surface area contributed by atoms with E-state index in [4.69, 9.17) is 14.3 Å². The maximum absolute atomic E-state index is 12.7. The summed E-state index contributed by atoms with van der Waals surface area (Å²) in [5.41, 5.74) is 0.523. The molecule has 0 radical (unpaired) electrons. The number of ketones is 2. The van der Waals surface area contributed by atoms with Crippen molar-refractivity contribution in [3.05, 3.63) is 23.8 Å². The Bertz CT molecular complexity index is 745. The summed E-state index contributed by atoms with van der Waals surface area (Å²) in [6.45, 7) is 3.97. The van der Waals surface area contributed by atoms with E-state index in [2.05, 4.69) is 13.8 Å². The fraction of sp³-hybridized carbons (Fsp3) is 0.714. The molecule has 4 aliphatic rings. The normalized spacial score (nSPS) is 44.7. The molecule has 0 spiro atoms. The molecule has 0 aromatic heterocycles. The summed E-state index contributed by atoms with van der Waals surface area (Å²) in [6, 6.07) is 0. The third-order valence-corrected chi connectivity index (χ3v) is 8.56. The zero-order chi connectivity index (χ0) is 20.3. The van der Waals surface area contributed by atoms with Crippen LogP contribution in [-0.2, 0) is 14.1 Å². The molecule has 28 heavy (non-hydrogen) atoms. The lowest BCUT2D eigenvalue weighted by Gasteiger charge is -2.58. The Kier molecular flexibility index (Phi) is 5.17. The highest BCUT2D eigenvalue weighted by molar-refractivity contribution is 7.39. The molecule has 7 heteroatoms. The van der Waals surface area contributed by atoms with Crippen molar-refractivity contribution in [1.82, 2.24) is 0 Å². The number of hydrogen-bond acceptors (Lipinski definition) is 6. The van der Waals surface area contributed by atoms with E-state index in [0.29, 0.717) is 18.3 Å². The van der Waals surface area contributed by atoms with Crippen LogP contribution in [0.2, 0.25) is 0 Å². The van der Waals surface area contributed by atoms with Crippen LogP contribution in [0.1, 0.15) is 46.0 Å². The van der Waals surface area contributed by atoms with Gasteiger partial charge in [0.1, 0.15) is 6.61 Å². The Morgan fingerprint density at radius 3 is 2.75 bits per heavy atom. The first kappa shape index (κ1) is 20.4. The van der Waals surface area contributed by atoms with Crippen LogP contribution in [0.4, 0.5) is 0 Å². The summed E-state index contributed by atoms with van der Waals surface area (Å²) in [5, 5.41) is 11.2. The van der Waals surface area contributed by atoms with Gasteiger partial charge in [0.25, 0.3) is 0 Å². The van der Waals surface area contributed by atoms with Crippen LogP contribution in [0.15, 0.2) is 23.8 Å². The minimum absolute atomic E-state index is 0.0281. The molecule has 4 rings (SSSR count). The number of fused-ring (bicyclic) bond motifs is 5. The van der Waals surface area contributed by atoms with Gasteiger partial charge in [0, 0.05) is 17.3 Å². The van der Waals surface area contributed by atoms with Gasteiger partial charge in [-0.3, -0.25) is 9.59 Å². The number of aliphatic hydroxyl groups excluding tert-OH is 1. The molecule has 4 aliphatic carbocycles. The summed E-state index contributed by atoms with van der Waals surface area (Å²) in [7, 11) is -2.54. The Morgan fingerprint density at radius 2 is 2.04 bits per heavy atom. The molecule has 0 amide bonds. The van der Waals surface area contributed by atoms with Gasteiger partial charge in [-0.05, 0) is 61.5 Å². The van der Waals surface area contributed by atoms with Crippen molar-refractivity contribution < 1.29 is 29.0 Å². The molecule has 3 N–H and O–H groups in total. The molecule has 0 bridgehead atoms. The Balaban J connectivity index is 1.61. The van der Waals surface area contributed by atoms with Gasteiger partial charge < -0.3 is 19.4 Å². The lowest BCUT2D eigenvalue weighted by molar-refractivity contribution is -0.140.